The van der Waals surface area contributed by atoms with E-state index in [4.69, 9.17) is 23.6 Å². The molecule has 0 spiro atoms. The summed E-state index contributed by atoms with van der Waals surface area (Å²) < 4.78 is 33.3. The summed E-state index contributed by atoms with van der Waals surface area (Å²) >= 11 is 0. The number of aliphatic hydroxyl groups is 2. The van der Waals surface area contributed by atoms with Crippen molar-refractivity contribution in [1.29, 1.82) is 0 Å². The van der Waals surface area contributed by atoms with Crippen LogP contribution < -0.4 is 0 Å². The van der Waals surface area contributed by atoms with E-state index >= 15 is 0 Å². The SMILES string of the molecule is CC/C=C\C/C=C\C/C=C\CCCCCCOCC(COP(=O)(O)OCC(O)CO)OC(=O)CCCCCCCC/C=C\C/C=C\C/C=C\CCCCC. The first-order valence-corrected chi connectivity index (χ1v) is 22.4. The maximum Gasteiger partial charge on any atom is 0.472 e. The third kappa shape index (κ3) is 39.6. The van der Waals surface area contributed by atoms with Crippen LogP contribution in [0.2, 0.25) is 0 Å². The van der Waals surface area contributed by atoms with Gasteiger partial charge in [0.05, 0.1) is 26.4 Å². The first kappa shape index (κ1) is 51.9. The van der Waals surface area contributed by atoms with Crippen LogP contribution in [0.25, 0.3) is 0 Å². The zero-order valence-corrected chi connectivity index (χ0v) is 34.8. The fraction of sp³-hybridized carbons (Fsp3) is 0.705. The molecule has 0 aromatic heterocycles. The van der Waals surface area contributed by atoms with Crippen LogP contribution in [0.3, 0.4) is 0 Å². The number of carbonyl (C=O) groups excluding carboxylic acids is 1. The summed E-state index contributed by atoms with van der Waals surface area (Å²) in [6, 6.07) is 0. The predicted molar refractivity (Wildman–Crippen MR) is 223 cm³/mol. The van der Waals surface area contributed by atoms with Crippen LogP contribution in [0.5, 0.6) is 0 Å². The molecule has 3 unspecified atom stereocenters. The number of phosphoric acid groups is 1. The van der Waals surface area contributed by atoms with Gasteiger partial charge in [-0.1, -0.05) is 138 Å². The Bertz CT molecular complexity index is 1070. The molecule has 0 saturated carbocycles. The lowest BCUT2D eigenvalue weighted by Crippen LogP contribution is -2.29. The molecule has 0 bridgehead atoms. The van der Waals surface area contributed by atoms with Gasteiger partial charge in [0.2, 0.25) is 0 Å². The average molecular weight is 781 g/mol. The highest BCUT2D eigenvalue weighted by molar-refractivity contribution is 7.47. The predicted octanol–water partition coefficient (Wildman–Crippen LogP) is 11.4. The van der Waals surface area contributed by atoms with Crippen molar-refractivity contribution in [2.24, 2.45) is 0 Å². The minimum absolute atomic E-state index is 0.0246. The lowest BCUT2D eigenvalue weighted by molar-refractivity contribution is -0.154. The first-order chi connectivity index (χ1) is 26.3. The van der Waals surface area contributed by atoms with Gasteiger partial charge in [-0.2, -0.15) is 0 Å². The summed E-state index contributed by atoms with van der Waals surface area (Å²) in [5.41, 5.74) is 0. The van der Waals surface area contributed by atoms with Crippen molar-refractivity contribution in [3.05, 3.63) is 72.9 Å². The summed E-state index contributed by atoms with van der Waals surface area (Å²) in [5, 5.41) is 18.3. The Balaban J connectivity index is 4.26. The van der Waals surface area contributed by atoms with Crippen LogP contribution in [0.4, 0.5) is 0 Å². The Kier molecular flexibility index (Phi) is 39.0. The summed E-state index contributed by atoms with van der Waals surface area (Å²) in [6.45, 7) is 3.28. The first-order valence-electron chi connectivity index (χ1n) is 20.9. The highest BCUT2D eigenvalue weighted by Gasteiger charge is 2.26. The zero-order chi connectivity index (χ0) is 39.6. The van der Waals surface area contributed by atoms with E-state index in [2.05, 4.69) is 86.8 Å². The lowest BCUT2D eigenvalue weighted by atomic mass is 10.1. The normalized spacial score (nSPS) is 14.8. The minimum Gasteiger partial charge on any atom is -0.457 e. The Morgan fingerprint density at radius 1 is 0.593 bits per heavy atom. The highest BCUT2D eigenvalue weighted by atomic mass is 31.2. The average Bonchev–Trinajstić information content (AvgIpc) is 3.16. The molecular formula is C44H77O9P. The van der Waals surface area contributed by atoms with Gasteiger partial charge in [0.1, 0.15) is 12.2 Å². The highest BCUT2D eigenvalue weighted by Crippen LogP contribution is 2.43. The van der Waals surface area contributed by atoms with Gasteiger partial charge in [-0.15, -0.1) is 0 Å². The number of ether oxygens (including phenoxy) is 2. The van der Waals surface area contributed by atoms with Crippen LogP contribution in [0.15, 0.2) is 72.9 Å². The number of allylic oxidation sites excluding steroid dienone is 12. The molecule has 0 amide bonds. The summed E-state index contributed by atoms with van der Waals surface area (Å²) in [7, 11) is -4.53. The van der Waals surface area contributed by atoms with Crippen molar-refractivity contribution in [1.82, 2.24) is 0 Å². The molecule has 0 aliphatic carbocycles. The molecule has 0 aliphatic rings. The van der Waals surface area contributed by atoms with Crippen LogP contribution >= 0.6 is 7.82 Å². The number of unbranched alkanes of at least 4 members (excludes halogenated alkanes) is 13. The van der Waals surface area contributed by atoms with Gasteiger partial charge in [0.15, 0.2) is 0 Å². The van der Waals surface area contributed by atoms with Crippen LogP contribution in [0.1, 0.15) is 155 Å². The standard InChI is InChI=1S/C44H77O9P/c1-3-5-7-9-11-13-15-17-19-20-21-22-23-24-26-28-30-32-34-36-44(47)53-43(41-52-54(48,49)51-39-42(46)38-45)40-50-37-35-33-31-29-27-25-18-16-14-12-10-8-6-4-2/h6,8,11-14,17-19,21-22,25,42-43,45-46H,3-5,7,9-10,15-16,20,23-24,26-41H2,1-2H3,(H,48,49)/b8-6-,13-11-,14-12-,19-17-,22-21-,25-18-. The monoisotopic (exact) mass is 781 g/mol. The fourth-order valence-corrected chi connectivity index (χ4v) is 5.99. The van der Waals surface area contributed by atoms with Crippen LogP contribution in [0, 0.1) is 0 Å². The van der Waals surface area contributed by atoms with Gasteiger partial charge in [-0.25, -0.2) is 4.57 Å². The van der Waals surface area contributed by atoms with Gasteiger partial charge in [-0.05, 0) is 83.5 Å². The minimum atomic E-state index is -4.53. The van der Waals surface area contributed by atoms with Crippen molar-refractivity contribution in [3.63, 3.8) is 0 Å². The van der Waals surface area contributed by atoms with Crippen LogP contribution in [-0.2, 0) is 27.9 Å². The number of carbonyl (C=O) groups is 1. The van der Waals surface area contributed by atoms with Gasteiger partial charge in [0, 0.05) is 13.0 Å². The van der Waals surface area contributed by atoms with E-state index in [0.29, 0.717) is 13.0 Å². The van der Waals surface area contributed by atoms with Gasteiger partial charge in [0.25, 0.3) is 0 Å². The molecule has 0 aromatic carbocycles. The second-order valence-corrected chi connectivity index (χ2v) is 15.1. The summed E-state index contributed by atoms with van der Waals surface area (Å²) in [5.74, 6) is -0.407. The Morgan fingerprint density at radius 2 is 1.06 bits per heavy atom. The quantitative estimate of drug-likeness (QED) is 0.0241. The molecule has 9 nitrogen and oxygen atoms in total. The third-order valence-electron chi connectivity index (χ3n) is 8.38. The maximum atomic E-state index is 12.6. The molecule has 10 heteroatoms. The molecule has 0 radical (unpaired) electrons. The Labute approximate surface area is 329 Å². The molecule has 0 heterocycles. The smallest absolute Gasteiger partial charge is 0.457 e. The second-order valence-electron chi connectivity index (χ2n) is 13.6. The van der Waals surface area contributed by atoms with E-state index in [1.807, 2.05) is 0 Å². The number of phosphoric ester groups is 1. The topological polar surface area (TPSA) is 132 Å². The van der Waals surface area contributed by atoms with E-state index in [1.165, 1.54) is 25.7 Å². The fourth-order valence-electron chi connectivity index (χ4n) is 5.20. The number of esters is 1. The molecule has 54 heavy (non-hydrogen) atoms. The number of aliphatic hydroxyl groups excluding tert-OH is 2. The van der Waals surface area contributed by atoms with E-state index < -0.39 is 45.8 Å². The van der Waals surface area contributed by atoms with Crippen molar-refractivity contribution < 1.29 is 43.0 Å². The molecule has 0 rings (SSSR count). The largest absolute Gasteiger partial charge is 0.472 e. The zero-order valence-electron chi connectivity index (χ0n) is 33.9. The van der Waals surface area contributed by atoms with E-state index in [0.717, 1.165) is 103 Å². The third-order valence-corrected chi connectivity index (χ3v) is 9.33. The molecular weight excluding hydrogens is 703 g/mol. The van der Waals surface area contributed by atoms with Gasteiger partial charge >= 0.3 is 13.8 Å². The lowest BCUT2D eigenvalue weighted by Gasteiger charge is -2.20. The Hall–Kier alpha value is -2.10. The molecule has 3 N–H and O–H groups in total. The molecule has 0 aromatic rings. The number of rotatable bonds is 39. The number of hydrogen-bond donors (Lipinski definition) is 3. The molecule has 0 saturated heterocycles. The maximum absolute atomic E-state index is 12.6. The van der Waals surface area contributed by atoms with Crippen molar-refractivity contribution in [2.75, 3.05) is 33.0 Å². The summed E-state index contributed by atoms with van der Waals surface area (Å²) in [6.07, 6.45) is 47.1. The molecule has 0 fully saturated rings. The van der Waals surface area contributed by atoms with Crippen molar-refractivity contribution in [3.8, 4) is 0 Å². The molecule has 0 aliphatic heterocycles. The number of hydrogen-bond acceptors (Lipinski definition) is 8. The van der Waals surface area contributed by atoms with E-state index in [9.17, 15) is 19.4 Å². The van der Waals surface area contributed by atoms with E-state index in [-0.39, 0.29) is 13.0 Å². The van der Waals surface area contributed by atoms with Crippen molar-refractivity contribution >= 4 is 13.8 Å². The van der Waals surface area contributed by atoms with Crippen LogP contribution in [-0.4, -0.2) is 66.3 Å². The summed E-state index contributed by atoms with van der Waals surface area (Å²) in [4.78, 5) is 22.6. The van der Waals surface area contributed by atoms with E-state index in [1.54, 1.807) is 0 Å². The van der Waals surface area contributed by atoms with Crippen molar-refractivity contribution in [2.45, 2.75) is 167 Å². The second kappa shape index (κ2) is 40.6. The van der Waals surface area contributed by atoms with Gasteiger partial charge in [-0.3, -0.25) is 13.8 Å². The van der Waals surface area contributed by atoms with Gasteiger partial charge < -0.3 is 24.6 Å². The Morgan fingerprint density at radius 3 is 1.59 bits per heavy atom. The molecule has 3 atom stereocenters. The molecule has 312 valence electrons.